The van der Waals surface area contributed by atoms with Crippen LogP contribution >= 0.6 is 0 Å². The van der Waals surface area contributed by atoms with E-state index in [1.807, 2.05) is 13.8 Å². The third-order valence-corrected chi connectivity index (χ3v) is 13.8. The van der Waals surface area contributed by atoms with Crippen LogP contribution in [0.5, 0.6) is 23.0 Å². The monoisotopic (exact) mass is 724 g/mol. The molecule has 10 heteroatoms. The summed E-state index contributed by atoms with van der Waals surface area (Å²) in [6.07, 6.45) is 14.7. The lowest BCUT2D eigenvalue weighted by Gasteiger charge is -2.60. The van der Waals surface area contributed by atoms with Crippen LogP contribution < -0.4 is 19.5 Å². The molecule has 8 rings (SSSR count). The summed E-state index contributed by atoms with van der Waals surface area (Å²) in [5.74, 6) is 2.75. The number of piperazine rings is 1. The van der Waals surface area contributed by atoms with E-state index in [2.05, 4.69) is 41.2 Å². The number of phenols is 1. The molecule has 5 atom stereocenters. The highest BCUT2D eigenvalue weighted by Crippen LogP contribution is 2.57. The molecule has 2 N–H and O–H groups in total. The van der Waals surface area contributed by atoms with Crippen LogP contribution in [0, 0.1) is 43.9 Å². The number of benzene rings is 2. The SMILES string of the molecule is Cc1cc2c(c(OC(=O)CCC3CCCCC3)c1C)[C@@H]1C3Cc4c(O)c(C)c5c(c4[C@H](CNC(=O)CC4CCCCC4)N3[C@@H](C#N)[C@@H](C2)N1C)OCO5. The minimum absolute atomic E-state index is 0.0208. The van der Waals surface area contributed by atoms with Crippen LogP contribution in [0.1, 0.15) is 134 Å². The predicted molar refractivity (Wildman–Crippen MR) is 200 cm³/mol. The van der Waals surface area contributed by atoms with Crippen molar-refractivity contribution in [2.45, 2.75) is 147 Å². The molecule has 4 aliphatic heterocycles. The number of amides is 1. The van der Waals surface area contributed by atoms with Gasteiger partial charge in [-0.1, -0.05) is 57.4 Å². The molecule has 10 nitrogen and oxygen atoms in total. The molecule has 1 amide bonds. The Balaban J connectivity index is 1.18. The van der Waals surface area contributed by atoms with Crippen LogP contribution in [0.15, 0.2) is 6.07 Å². The van der Waals surface area contributed by atoms with E-state index >= 15 is 0 Å². The number of nitriles is 1. The molecule has 0 aromatic heterocycles. The molecule has 6 aliphatic rings. The second-order valence-electron chi connectivity index (χ2n) is 16.9. The number of hydrogen-bond acceptors (Lipinski definition) is 9. The van der Waals surface area contributed by atoms with Gasteiger partial charge in [0.05, 0.1) is 18.2 Å². The van der Waals surface area contributed by atoms with E-state index in [0.717, 1.165) is 52.6 Å². The van der Waals surface area contributed by atoms with Gasteiger partial charge in [-0.15, -0.1) is 0 Å². The Labute approximate surface area is 314 Å². The first kappa shape index (κ1) is 36.2. The molecule has 1 saturated heterocycles. The van der Waals surface area contributed by atoms with Gasteiger partial charge in [-0.25, -0.2) is 0 Å². The van der Waals surface area contributed by atoms with Crippen molar-refractivity contribution in [3.63, 3.8) is 0 Å². The first-order valence-corrected chi connectivity index (χ1v) is 20.3. The Bertz CT molecular complexity index is 1810. The molecule has 0 radical (unpaired) electrons. The van der Waals surface area contributed by atoms with Crippen molar-refractivity contribution in [2.75, 3.05) is 20.4 Å². The molecule has 53 heavy (non-hydrogen) atoms. The normalized spacial score (nSPS) is 27.0. The van der Waals surface area contributed by atoms with Crippen molar-refractivity contribution in [3.8, 4) is 29.1 Å². The van der Waals surface area contributed by atoms with E-state index < -0.39 is 12.1 Å². The Morgan fingerprint density at radius 2 is 1.64 bits per heavy atom. The van der Waals surface area contributed by atoms with E-state index in [1.165, 1.54) is 51.4 Å². The summed E-state index contributed by atoms with van der Waals surface area (Å²) in [5.41, 5.74) is 6.35. The number of likely N-dealkylation sites (N-methyl/N-ethyl adjacent to an activating group) is 1. The highest BCUT2D eigenvalue weighted by atomic mass is 16.7. The Hall–Kier alpha value is -3.81. The third kappa shape index (κ3) is 6.46. The van der Waals surface area contributed by atoms with Crippen molar-refractivity contribution in [3.05, 3.63) is 45.0 Å². The van der Waals surface area contributed by atoms with Gasteiger partial charge < -0.3 is 24.6 Å². The molecule has 0 spiro atoms. The van der Waals surface area contributed by atoms with Gasteiger partial charge in [0.15, 0.2) is 11.5 Å². The van der Waals surface area contributed by atoms with Gasteiger partial charge in [0.25, 0.3) is 0 Å². The molecule has 2 saturated carbocycles. The summed E-state index contributed by atoms with van der Waals surface area (Å²) in [6.45, 7) is 6.29. The number of phenolic OH excluding ortho intramolecular Hbond substituents is 1. The van der Waals surface area contributed by atoms with Gasteiger partial charge in [0, 0.05) is 53.7 Å². The molecule has 2 aliphatic carbocycles. The van der Waals surface area contributed by atoms with Crippen molar-refractivity contribution in [2.24, 2.45) is 11.8 Å². The number of rotatable bonds is 8. The van der Waals surface area contributed by atoms with E-state index in [0.29, 0.717) is 60.3 Å². The molecule has 284 valence electrons. The lowest BCUT2D eigenvalue weighted by Crippen LogP contribution is -2.68. The molecule has 4 heterocycles. The summed E-state index contributed by atoms with van der Waals surface area (Å²) < 4.78 is 18.5. The van der Waals surface area contributed by atoms with Crippen LogP contribution in [-0.2, 0) is 22.4 Å². The standard InChI is InChI=1S/C43H56N4O6/c1-24-17-29-19-31-33(21-44)47-32(39(46(31)4)37(29)41(25(24)2)53-36(49)16-15-27-11-7-5-8-12-27)20-30-38(43-42(51-23-52-43)26(3)40(30)50)34(47)22-45-35(48)18-28-13-9-6-10-14-28/h17,27-28,31-34,39,50H,5-16,18-20,22-23H2,1-4H3,(H,45,48)/t31-,32?,33+,34+,39+/m1/s1. The quantitative estimate of drug-likeness (QED) is 0.215. The van der Waals surface area contributed by atoms with Crippen molar-refractivity contribution >= 4 is 11.9 Å². The summed E-state index contributed by atoms with van der Waals surface area (Å²) >= 11 is 0. The number of carbonyl (C=O) groups is 2. The topological polar surface area (TPSA) is 124 Å². The molecule has 2 bridgehead atoms. The highest BCUT2D eigenvalue weighted by Gasteiger charge is 2.56. The average Bonchev–Trinajstić information content (AvgIpc) is 3.65. The Morgan fingerprint density at radius 1 is 0.943 bits per heavy atom. The summed E-state index contributed by atoms with van der Waals surface area (Å²) in [4.78, 5) is 31.8. The largest absolute Gasteiger partial charge is 0.507 e. The molecular formula is C43H56N4O6. The first-order chi connectivity index (χ1) is 25.7. The van der Waals surface area contributed by atoms with E-state index in [4.69, 9.17) is 14.2 Å². The summed E-state index contributed by atoms with van der Waals surface area (Å²) in [7, 11) is 2.09. The van der Waals surface area contributed by atoms with Gasteiger partial charge in [-0.3, -0.25) is 19.4 Å². The smallest absolute Gasteiger partial charge is 0.311 e. The van der Waals surface area contributed by atoms with Gasteiger partial charge in [-0.05, 0) is 88.4 Å². The highest BCUT2D eigenvalue weighted by molar-refractivity contribution is 5.76. The van der Waals surface area contributed by atoms with Gasteiger partial charge in [0.2, 0.25) is 12.7 Å². The number of fused-ring (bicyclic) bond motifs is 9. The Morgan fingerprint density at radius 3 is 2.36 bits per heavy atom. The van der Waals surface area contributed by atoms with Gasteiger partial charge in [-0.2, -0.15) is 5.26 Å². The van der Waals surface area contributed by atoms with Crippen LogP contribution in [-0.4, -0.2) is 65.3 Å². The molecule has 2 aromatic carbocycles. The van der Waals surface area contributed by atoms with Crippen LogP contribution in [0.2, 0.25) is 0 Å². The zero-order valence-electron chi connectivity index (χ0n) is 32.0. The van der Waals surface area contributed by atoms with Gasteiger partial charge in [0.1, 0.15) is 17.5 Å². The molecule has 2 aromatic rings. The molecule has 1 unspecified atom stereocenters. The number of esters is 1. The van der Waals surface area contributed by atoms with E-state index in [1.54, 1.807) is 0 Å². The Kier molecular flexibility index (Phi) is 10.1. The second kappa shape index (κ2) is 14.8. The van der Waals surface area contributed by atoms with Crippen LogP contribution in [0.25, 0.3) is 0 Å². The zero-order chi connectivity index (χ0) is 37.0. The fourth-order valence-electron chi connectivity index (χ4n) is 10.9. The van der Waals surface area contributed by atoms with Crippen LogP contribution in [0.3, 0.4) is 0 Å². The second-order valence-corrected chi connectivity index (χ2v) is 16.9. The van der Waals surface area contributed by atoms with Gasteiger partial charge >= 0.3 is 5.97 Å². The summed E-state index contributed by atoms with van der Waals surface area (Å²) in [5, 5.41) is 26.2. The lowest BCUT2D eigenvalue weighted by molar-refractivity contribution is -0.135. The minimum atomic E-state index is -0.507. The first-order valence-electron chi connectivity index (χ1n) is 20.3. The third-order valence-electron chi connectivity index (χ3n) is 13.8. The van der Waals surface area contributed by atoms with Crippen molar-refractivity contribution in [1.82, 2.24) is 15.1 Å². The fourth-order valence-corrected chi connectivity index (χ4v) is 10.9. The van der Waals surface area contributed by atoms with Crippen molar-refractivity contribution in [1.29, 1.82) is 5.26 Å². The number of ether oxygens (including phenoxy) is 3. The summed E-state index contributed by atoms with van der Waals surface area (Å²) in [6, 6.07) is 3.34. The number of hydrogen-bond donors (Lipinski definition) is 2. The maximum absolute atomic E-state index is 13.7. The number of aromatic hydroxyl groups is 1. The van der Waals surface area contributed by atoms with Crippen LogP contribution in [0.4, 0.5) is 0 Å². The lowest BCUT2D eigenvalue weighted by atomic mass is 9.71. The predicted octanol–water partition coefficient (Wildman–Crippen LogP) is 7.17. The van der Waals surface area contributed by atoms with E-state index in [9.17, 15) is 20.0 Å². The number of nitrogens with zero attached hydrogens (tertiary/aromatic N) is 3. The van der Waals surface area contributed by atoms with Crippen molar-refractivity contribution < 1.29 is 28.9 Å². The number of carbonyl (C=O) groups excluding carboxylic acids is 2. The maximum Gasteiger partial charge on any atom is 0.311 e. The average molecular weight is 725 g/mol. The van der Waals surface area contributed by atoms with E-state index in [-0.39, 0.29) is 49.1 Å². The maximum atomic E-state index is 13.7. The fraction of sp³-hybridized carbons (Fsp3) is 0.651. The minimum Gasteiger partial charge on any atom is -0.507 e. The zero-order valence-corrected chi connectivity index (χ0v) is 32.0. The number of nitrogens with one attached hydrogen (secondary N) is 1. The number of aryl methyl sites for hydroxylation is 1. The molecular weight excluding hydrogens is 668 g/mol. The molecule has 3 fully saturated rings.